The van der Waals surface area contributed by atoms with Crippen LogP contribution in [0.1, 0.15) is 40.0 Å². The predicted octanol–water partition coefficient (Wildman–Crippen LogP) is 3.85. The molecule has 1 aliphatic heterocycles. The Balaban J connectivity index is 1.49. The van der Waals surface area contributed by atoms with Crippen molar-refractivity contribution in [2.45, 2.75) is 25.9 Å². The Bertz CT molecular complexity index is 1020. The zero-order valence-electron chi connectivity index (χ0n) is 17.8. The molecule has 0 bridgehead atoms. The van der Waals surface area contributed by atoms with Gasteiger partial charge >= 0.3 is 12.6 Å². The number of fused-ring (bicyclic) bond motifs is 1. The molecule has 10 heteroatoms. The van der Waals surface area contributed by atoms with E-state index in [4.69, 9.17) is 18.9 Å². The van der Waals surface area contributed by atoms with Gasteiger partial charge < -0.3 is 23.7 Å². The summed E-state index contributed by atoms with van der Waals surface area (Å²) in [6.45, 7) is -2.60. The van der Waals surface area contributed by atoms with Crippen LogP contribution in [0.5, 0.6) is 23.0 Å². The molecule has 0 fully saturated rings. The largest absolute Gasteiger partial charge is 0.493 e. The Hall–Kier alpha value is -3.69. The summed E-state index contributed by atoms with van der Waals surface area (Å²) in [5.41, 5.74) is 0.464. The van der Waals surface area contributed by atoms with Crippen LogP contribution < -0.4 is 18.9 Å². The van der Waals surface area contributed by atoms with Gasteiger partial charge in [-0.25, -0.2) is 0 Å². The van der Waals surface area contributed by atoms with E-state index < -0.39 is 25.0 Å². The molecule has 0 aliphatic carbocycles. The van der Waals surface area contributed by atoms with E-state index in [1.165, 1.54) is 19.2 Å². The van der Waals surface area contributed by atoms with Crippen LogP contribution in [-0.4, -0.2) is 51.1 Å². The van der Waals surface area contributed by atoms with Crippen molar-refractivity contribution in [1.82, 2.24) is 0 Å². The van der Waals surface area contributed by atoms with Gasteiger partial charge in [-0.15, -0.1) is 0 Å². The van der Waals surface area contributed by atoms with Gasteiger partial charge in [0.2, 0.25) is 0 Å². The molecular weight excluding hydrogens is 442 g/mol. The SMILES string of the molecule is COc1cc(C(=O)COC(=O)CCC(=O)c2ccc3c(c2)OCCCO3)ccc1OC(F)F. The summed E-state index contributed by atoms with van der Waals surface area (Å²) in [7, 11) is 1.24. The van der Waals surface area contributed by atoms with E-state index in [0.717, 1.165) is 12.5 Å². The molecule has 0 unspecified atom stereocenters. The number of Topliss-reactive ketones (excluding diaryl/α,β-unsaturated/α-hetero) is 2. The maximum atomic E-state index is 12.4. The van der Waals surface area contributed by atoms with E-state index in [-0.39, 0.29) is 35.7 Å². The van der Waals surface area contributed by atoms with E-state index in [1.54, 1.807) is 18.2 Å². The van der Waals surface area contributed by atoms with Crippen LogP contribution >= 0.6 is 0 Å². The lowest BCUT2D eigenvalue weighted by molar-refractivity contribution is -0.142. The third-order valence-electron chi connectivity index (χ3n) is 4.69. The Morgan fingerprint density at radius 2 is 1.61 bits per heavy atom. The van der Waals surface area contributed by atoms with E-state index >= 15 is 0 Å². The average Bonchev–Trinajstić information content (AvgIpc) is 3.05. The zero-order chi connectivity index (χ0) is 23.8. The highest BCUT2D eigenvalue weighted by molar-refractivity contribution is 5.99. The fraction of sp³-hybridized carbons (Fsp3) is 0.348. The quantitative estimate of drug-likeness (QED) is 0.386. The van der Waals surface area contributed by atoms with Gasteiger partial charge in [-0.3, -0.25) is 14.4 Å². The van der Waals surface area contributed by atoms with Crippen molar-refractivity contribution in [3.05, 3.63) is 47.5 Å². The third kappa shape index (κ3) is 6.64. The number of ketones is 2. The van der Waals surface area contributed by atoms with Crippen LogP contribution in [0, 0.1) is 0 Å². The van der Waals surface area contributed by atoms with Gasteiger partial charge in [0.05, 0.1) is 26.7 Å². The number of alkyl halides is 2. The minimum atomic E-state index is -3.05. The molecule has 3 rings (SSSR count). The second-order valence-electron chi connectivity index (χ2n) is 6.96. The highest BCUT2D eigenvalue weighted by Crippen LogP contribution is 2.31. The molecule has 1 aliphatic rings. The van der Waals surface area contributed by atoms with E-state index in [1.807, 2.05) is 0 Å². The fourth-order valence-corrected chi connectivity index (χ4v) is 3.03. The highest BCUT2D eigenvalue weighted by atomic mass is 19.3. The van der Waals surface area contributed by atoms with Crippen LogP contribution in [0.3, 0.4) is 0 Å². The van der Waals surface area contributed by atoms with Crippen molar-refractivity contribution >= 4 is 17.5 Å². The molecule has 2 aromatic carbocycles. The first-order chi connectivity index (χ1) is 15.9. The molecule has 0 spiro atoms. The van der Waals surface area contributed by atoms with Crippen molar-refractivity contribution in [2.24, 2.45) is 0 Å². The van der Waals surface area contributed by atoms with Crippen molar-refractivity contribution in [2.75, 3.05) is 26.9 Å². The molecule has 33 heavy (non-hydrogen) atoms. The van der Waals surface area contributed by atoms with Crippen molar-refractivity contribution in [1.29, 1.82) is 0 Å². The Labute approximate surface area is 188 Å². The lowest BCUT2D eigenvalue weighted by Crippen LogP contribution is -2.15. The highest BCUT2D eigenvalue weighted by Gasteiger charge is 2.18. The second-order valence-corrected chi connectivity index (χ2v) is 6.96. The third-order valence-corrected chi connectivity index (χ3v) is 4.69. The molecule has 0 radical (unpaired) electrons. The molecule has 8 nitrogen and oxygen atoms in total. The molecule has 0 saturated heterocycles. The summed E-state index contributed by atoms with van der Waals surface area (Å²) in [6.07, 6.45) is 0.411. The molecule has 0 saturated carbocycles. The van der Waals surface area contributed by atoms with Gasteiger partial charge in [0, 0.05) is 24.0 Å². The number of esters is 1. The minimum absolute atomic E-state index is 0.0618. The number of carbonyl (C=O) groups excluding carboxylic acids is 3. The predicted molar refractivity (Wildman–Crippen MR) is 111 cm³/mol. The molecular formula is C23H22F2O8. The summed E-state index contributed by atoms with van der Waals surface area (Å²) >= 11 is 0. The summed E-state index contributed by atoms with van der Waals surface area (Å²) < 4.78 is 50.0. The minimum Gasteiger partial charge on any atom is -0.493 e. The fourth-order valence-electron chi connectivity index (χ4n) is 3.03. The summed E-state index contributed by atoms with van der Waals surface area (Å²) in [6, 6.07) is 8.45. The standard InChI is InChI=1S/C23H22F2O8/c1-29-20-11-15(4-7-19(20)33-23(24)25)17(27)13-32-22(28)8-5-16(26)14-3-6-18-21(12-14)31-10-2-9-30-18/h3-4,6-7,11-12,23H,2,5,8-10,13H2,1H3. The van der Waals surface area contributed by atoms with Gasteiger partial charge in [0.15, 0.2) is 41.2 Å². The smallest absolute Gasteiger partial charge is 0.387 e. The lowest BCUT2D eigenvalue weighted by Gasteiger charge is -2.11. The average molecular weight is 464 g/mol. The summed E-state index contributed by atoms with van der Waals surface area (Å²) in [4.78, 5) is 36.7. The number of halogens is 2. The zero-order valence-corrected chi connectivity index (χ0v) is 17.8. The van der Waals surface area contributed by atoms with Crippen LogP contribution in [0.2, 0.25) is 0 Å². The first-order valence-electron chi connectivity index (χ1n) is 10.1. The lowest BCUT2D eigenvalue weighted by atomic mass is 10.1. The van der Waals surface area contributed by atoms with Crippen molar-refractivity contribution in [3.63, 3.8) is 0 Å². The normalized spacial score (nSPS) is 12.6. The summed E-state index contributed by atoms with van der Waals surface area (Å²) in [5.74, 6) is -0.828. The topological polar surface area (TPSA) is 97.4 Å². The van der Waals surface area contributed by atoms with E-state index in [9.17, 15) is 23.2 Å². The number of ether oxygens (including phenoxy) is 5. The monoisotopic (exact) mass is 464 g/mol. The van der Waals surface area contributed by atoms with E-state index in [0.29, 0.717) is 30.3 Å². The van der Waals surface area contributed by atoms with Gasteiger partial charge in [0.1, 0.15) is 0 Å². The van der Waals surface area contributed by atoms with Gasteiger partial charge in [-0.2, -0.15) is 8.78 Å². The molecule has 0 amide bonds. The molecule has 176 valence electrons. The maximum Gasteiger partial charge on any atom is 0.387 e. The number of methoxy groups -OCH3 is 1. The van der Waals surface area contributed by atoms with Crippen molar-refractivity contribution in [3.8, 4) is 23.0 Å². The molecule has 0 N–H and O–H groups in total. The van der Waals surface area contributed by atoms with Crippen LogP contribution in [0.4, 0.5) is 8.78 Å². The summed E-state index contributed by atoms with van der Waals surface area (Å²) in [5, 5.41) is 0. The molecule has 0 aromatic heterocycles. The first kappa shape index (κ1) is 24.0. The molecule has 0 atom stereocenters. The molecule has 1 heterocycles. The Morgan fingerprint density at radius 3 is 2.33 bits per heavy atom. The van der Waals surface area contributed by atoms with Gasteiger partial charge in [0.25, 0.3) is 0 Å². The molecule has 2 aromatic rings. The van der Waals surface area contributed by atoms with Crippen LogP contribution in [-0.2, 0) is 9.53 Å². The first-order valence-corrected chi connectivity index (χ1v) is 10.1. The van der Waals surface area contributed by atoms with E-state index in [2.05, 4.69) is 4.74 Å². The Kier molecular flexibility index (Phi) is 8.17. The van der Waals surface area contributed by atoms with Gasteiger partial charge in [-0.05, 0) is 36.4 Å². The van der Waals surface area contributed by atoms with Crippen molar-refractivity contribution < 1.29 is 46.8 Å². The number of benzene rings is 2. The van der Waals surface area contributed by atoms with Gasteiger partial charge in [-0.1, -0.05) is 0 Å². The van der Waals surface area contributed by atoms with Crippen LogP contribution in [0.15, 0.2) is 36.4 Å². The maximum absolute atomic E-state index is 12.4. The van der Waals surface area contributed by atoms with Crippen LogP contribution in [0.25, 0.3) is 0 Å². The number of hydrogen-bond acceptors (Lipinski definition) is 8. The number of rotatable bonds is 10. The second kappa shape index (κ2) is 11.3. The Morgan fingerprint density at radius 1 is 0.909 bits per heavy atom. The number of hydrogen-bond donors (Lipinski definition) is 0. The number of carbonyl (C=O) groups is 3.